The van der Waals surface area contributed by atoms with E-state index in [-0.39, 0.29) is 0 Å². The lowest BCUT2D eigenvalue weighted by atomic mass is 9.82. The molecule has 3 nitrogen and oxygen atoms in total. The Balaban J connectivity index is 1.20. The summed E-state index contributed by atoms with van der Waals surface area (Å²) in [5.41, 5.74) is 6.07. The van der Waals surface area contributed by atoms with E-state index >= 15 is 0 Å². The highest BCUT2D eigenvalue weighted by molar-refractivity contribution is 5.82. The number of rotatable bonds is 7. The van der Waals surface area contributed by atoms with Crippen molar-refractivity contribution in [2.24, 2.45) is 10.9 Å². The number of para-hydroxylation sites is 1. The van der Waals surface area contributed by atoms with E-state index in [2.05, 4.69) is 59.6 Å². The molecule has 1 aliphatic carbocycles. The fraction of sp³-hybridized carbons (Fsp3) is 0.276. The molecular formula is C29H29NO2. The van der Waals surface area contributed by atoms with Crippen molar-refractivity contribution in [1.82, 2.24) is 0 Å². The maximum Gasteiger partial charge on any atom is 0.135 e. The van der Waals surface area contributed by atoms with Crippen molar-refractivity contribution in [1.29, 1.82) is 0 Å². The molecular weight excluding hydrogens is 394 g/mol. The summed E-state index contributed by atoms with van der Waals surface area (Å²) < 4.78 is 12.1. The fourth-order valence-electron chi connectivity index (χ4n) is 4.59. The molecule has 0 aliphatic heterocycles. The van der Waals surface area contributed by atoms with E-state index in [1.165, 1.54) is 24.0 Å². The van der Waals surface area contributed by atoms with Crippen LogP contribution in [0.4, 0.5) is 0 Å². The third kappa shape index (κ3) is 4.62. The second-order valence-corrected chi connectivity index (χ2v) is 8.63. The second kappa shape index (κ2) is 9.44. The SMILES string of the molecule is CC=NCCC1CCc2cc(OCc3ccc(-c4cc5ccccc5o4)cc3)ccc2C1. The van der Waals surface area contributed by atoms with Crippen LogP contribution >= 0.6 is 0 Å². The molecule has 4 aromatic rings. The van der Waals surface area contributed by atoms with Crippen molar-refractivity contribution in [2.75, 3.05) is 6.54 Å². The molecule has 0 radical (unpaired) electrons. The minimum Gasteiger partial charge on any atom is -0.489 e. The quantitative estimate of drug-likeness (QED) is 0.293. The van der Waals surface area contributed by atoms with E-state index in [0.717, 1.165) is 58.9 Å². The van der Waals surface area contributed by atoms with Crippen LogP contribution < -0.4 is 4.74 Å². The molecule has 3 aromatic carbocycles. The van der Waals surface area contributed by atoms with Crippen LogP contribution in [0.3, 0.4) is 0 Å². The molecule has 0 saturated carbocycles. The molecule has 0 fully saturated rings. The summed E-state index contributed by atoms with van der Waals surface area (Å²) in [5.74, 6) is 2.61. The second-order valence-electron chi connectivity index (χ2n) is 8.63. The zero-order chi connectivity index (χ0) is 21.8. The fourth-order valence-corrected chi connectivity index (χ4v) is 4.59. The molecule has 0 saturated heterocycles. The number of benzene rings is 3. The van der Waals surface area contributed by atoms with Gasteiger partial charge in [-0.2, -0.15) is 0 Å². The highest BCUT2D eigenvalue weighted by Crippen LogP contribution is 2.31. The Hall–Kier alpha value is -3.33. The molecule has 1 aliphatic rings. The van der Waals surface area contributed by atoms with Crippen LogP contribution in [0.5, 0.6) is 5.75 Å². The van der Waals surface area contributed by atoms with E-state index in [4.69, 9.17) is 9.15 Å². The Morgan fingerprint density at radius 3 is 2.72 bits per heavy atom. The topological polar surface area (TPSA) is 34.7 Å². The summed E-state index contributed by atoms with van der Waals surface area (Å²) in [4.78, 5) is 4.37. The van der Waals surface area contributed by atoms with Gasteiger partial charge in [-0.25, -0.2) is 0 Å². The number of nitrogens with zero attached hydrogens (tertiary/aromatic N) is 1. The van der Waals surface area contributed by atoms with Gasteiger partial charge in [0.05, 0.1) is 0 Å². The Bertz CT molecular complexity index is 1190. The van der Waals surface area contributed by atoms with Crippen molar-refractivity contribution in [3.05, 3.63) is 89.5 Å². The van der Waals surface area contributed by atoms with Gasteiger partial charge >= 0.3 is 0 Å². The number of hydrogen-bond acceptors (Lipinski definition) is 3. The van der Waals surface area contributed by atoms with Gasteiger partial charge in [-0.05, 0) is 85.7 Å². The Labute approximate surface area is 189 Å². The van der Waals surface area contributed by atoms with Crippen LogP contribution in [0.15, 0.2) is 82.2 Å². The van der Waals surface area contributed by atoms with Gasteiger partial charge in [0, 0.05) is 17.5 Å². The average Bonchev–Trinajstić information content (AvgIpc) is 3.27. The highest BCUT2D eigenvalue weighted by atomic mass is 16.5. The minimum atomic E-state index is 0.566. The zero-order valence-corrected chi connectivity index (χ0v) is 18.6. The Morgan fingerprint density at radius 2 is 1.88 bits per heavy atom. The minimum absolute atomic E-state index is 0.566. The van der Waals surface area contributed by atoms with Crippen LogP contribution in [0.1, 0.15) is 36.5 Å². The van der Waals surface area contributed by atoms with Gasteiger partial charge in [0.25, 0.3) is 0 Å². The number of aliphatic imine (C=N–C) groups is 1. The van der Waals surface area contributed by atoms with E-state index in [0.29, 0.717) is 6.61 Å². The first-order valence-electron chi connectivity index (χ1n) is 11.6. The van der Waals surface area contributed by atoms with Crippen LogP contribution in [0.25, 0.3) is 22.3 Å². The lowest BCUT2D eigenvalue weighted by molar-refractivity contribution is 0.305. The average molecular weight is 424 g/mol. The first kappa shape index (κ1) is 20.6. The highest BCUT2D eigenvalue weighted by Gasteiger charge is 2.18. The normalized spacial score (nSPS) is 15.8. The maximum absolute atomic E-state index is 6.12. The zero-order valence-electron chi connectivity index (χ0n) is 18.6. The first-order valence-corrected chi connectivity index (χ1v) is 11.6. The van der Waals surface area contributed by atoms with Crippen LogP contribution in [0, 0.1) is 5.92 Å². The molecule has 1 heterocycles. The van der Waals surface area contributed by atoms with Gasteiger partial charge in [-0.3, -0.25) is 4.99 Å². The van der Waals surface area contributed by atoms with E-state index in [1.54, 1.807) is 0 Å². The van der Waals surface area contributed by atoms with Gasteiger partial charge < -0.3 is 9.15 Å². The molecule has 3 heteroatoms. The largest absolute Gasteiger partial charge is 0.489 e. The van der Waals surface area contributed by atoms with Crippen molar-refractivity contribution < 1.29 is 9.15 Å². The Morgan fingerprint density at radius 1 is 1.00 bits per heavy atom. The predicted molar refractivity (Wildman–Crippen MR) is 132 cm³/mol. The van der Waals surface area contributed by atoms with E-state index in [9.17, 15) is 0 Å². The van der Waals surface area contributed by atoms with Crippen LogP contribution in [-0.2, 0) is 19.4 Å². The third-order valence-electron chi connectivity index (χ3n) is 6.43. The lowest BCUT2D eigenvalue weighted by Crippen LogP contribution is -2.15. The van der Waals surface area contributed by atoms with Crippen molar-refractivity contribution in [2.45, 2.75) is 39.2 Å². The van der Waals surface area contributed by atoms with Gasteiger partial charge in [-0.15, -0.1) is 0 Å². The lowest BCUT2D eigenvalue weighted by Gasteiger charge is -2.24. The smallest absolute Gasteiger partial charge is 0.135 e. The molecule has 5 rings (SSSR count). The van der Waals surface area contributed by atoms with Gasteiger partial charge in [-0.1, -0.05) is 48.5 Å². The van der Waals surface area contributed by atoms with Crippen molar-refractivity contribution in [3.8, 4) is 17.1 Å². The van der Waals surface area contributed by atoms with Gasteiger partial charge in [0.15, 0.2) is 0 Å². The Kier molecular flexibility index (Phi) is 6.06. The van der Waals surface area contributed by atoms with Crippen LogP contribution in [0.2, 0.25) is 0 Å². The van der Waals surface area contributed by atoms with Gasteiger partial charge in [0.1, 0.15) is 23.7 Å². The van der Waals surface area contributed by atoms with Gasteiger partial charge in [0.2, 0.25) is 0 Å². The molecule has 0 bridgehead atoms. The predicted octanol–water partition coefficient (Wildman–Crippen LogP) is 7.26. The summed E-state index contributed by atoms with van der Waals surface area (Å²) in [6.45, 7) is 3.51. The molecule has 32 heavy (non-hydrogen) atoms. The first-order chi connectivity index (χ1) is 15.8. The third-order valence-corrected chi connectivity index (χ3v) is 6.43. The van der Waals surface area contributed by atoms with E-state index < -0.39 is 0 Å². The summed E-state index contributed by atoms with van der Waals surface area (Å²) >= 11 is 0. The molecule has 1 unspecified atom stereocenters. The van der Waals surface area contributed by atoms with Crippen molar-refractivity contribution >= 4 is 17.2 Å². The maximum atomic E-state index is 6.12. The van der Waals surface area contributed by atoms with E-state index in [1.807, 2.05) is 31.3 Å². The van der Waals surface area contributed by atoms with Crippen molar-refractivity contribution in [3.63, 3.8) is 0 Å². The number of fused-ring (bicyclic) bond motifs is 2. The monoisotopic (exact) mass is 423 g/mol. The molecule has 1 atom stereocenters. The number of ether oxygens (including phenoxy) is 1. The molecule has 0 N–H and O–H groups in total. The summed E-state index contributed by atoms with van der Waals surface area (Å²) in [6.07, 6.45) is 6.65. The standard InChI is InChI=1S/C29H29NO2/c1-2-30-16-15-21-7-12-25-18-27(14-13-24(25)17-21)31-20-22-8-10-23(11-9-22)29-19-26-5-3-4-6-28(26)32-29/h2-6,8-11,13-14,18-19,21H,7,12,15-17,20H2,1H3. The molecule has 162 valence electrons. The molecule has 0 spiro atoms. The van der Waals surface area contributed by atoms with Crippen LogP contribution in [-0.4, -0.2) is 12.8 Å². The molecule has 0 amide bonds. The summed E-state index contributed by atoms with van der Waals surface area (Å²) in [6, 6.07) is 25.2. The summed E-state index contributed by atoms with van der Waals surface area (Å²) in [5, 5.41) is 1.13. The summed E-state index contributed by atoms with van der Waals surface area (Å²) in [7, 11) is 0. The number of hydrogen-bond donors (Lipinski definition) is 0. The number of furan rings is 1. The number of aryl methyl sites for hydroxylation is 1. The molecule has 1 aromatic heterocycles.